The van der Waals surface area contributed by atoms with E-state index in [1.807, 2.05) is 0 Å². The second-order valence-corrected chi connectivity index (χ2v) is 2.31. The fraction of sp³-hybridized carbons (Fsp3) is 0.833. The molecule has 0 aromatic heterocycles. The van der Waals surface area contributed by atoms with Crippen LogP contribution in [0.25, 0.3) is 0 Å². The van der Waals surface area contributed by atoms with Crippen LogP contribution in [0.3, 0.4) is 0 Å². The number of esters is 1. The van der Waals surface area contributed by atoms with Crippen LogP contribution in [0.5, 0.6) is 0 Å². The second kappa shape index (κ2) is 2.35. The van der Waals surface area contributed by atoms with Gasteiger partial charge >= 0.3 is 5.97 Å². The van der Waals surface area contributed by atoms with Crippen LogP contribution in [0.15, 0.2) is 0 Å². The Hall–Kier alpha value is -0.570. The van der Waals surface area contributed by atoms with Crippen LogP contribution in [-0.2, 0) is 9.53 Å². The summed E-state index contributed by atoms with van der Waals surface area (Å²) in [7, 11) is 0. The minimum Gasteiger partial charge on any atom is -0.465 e. The number of ether oxygens (including phenoxy) is 1. The third kappa shape index (κ3) is 1.21. The highest BCUT2D eigenvalue weighted by molar-refractivity contribution is 5.73. The summed E-state index contributed by atoms with van der Waals surface area (Å²) in [6.07, 6.45) is 0.0821. The zero-order chi connectivity index (χ0) is 6.85. The molecule has 0 bridgehead atoms. The highest BCUT2D eigenvalue weighted by atomic mass is 16.5. The van der Waals surface area contributed by atoms with Gasteiger partial charge in [0, 0.05) is 6.42 Å². The van der Waals surface area contributed by atoms with E-state index in [1.165, 1.54) is 0 Å². The van der Waals surface area contributed by atoms with Gasteiger partial charge in [-0.25, -0.2) is 0 Å². The molecule has 1 heterocycles. The molecule has 1 N–H and O–H groups in total. The fourth-order valence-corrected chi connectivity index (χ4v) is 0.819. The Morgan fingerprint density at radius 3 is 2.89 bits per heavy atom. The van der Waals surface area contributed by atoms with Gasteiger partial charge in [-0.15, -0.1) is 0 Å². The second-order valence-electron chi connectivity index (χ2n) is 2.31. The van der Waals surface area contributed by atoms with E-state index < -0.39 is 6.10 Å². The molecule has 0 unspecified atom stereocenters. The van der Waals surface area contributed by atoms with Crippen molar-refractivity contribution in [2.45, 2.75) is 19.4 Å². The molecule has 1 fully saturated rings. The molecule has 3 heteroatoms. The standard InChI is InChI=1S/C6H10O3/c1-4-5(7)2-3-9-6(4)8/h4-5,7H,2-3H2,1H3/t4-,5+/m0/s1. The van der Waals surface area contributed by atoms with Gasteiger partial charge < -0.3 is 9.84 Å². The van der Waals surface area contributed by atoms with Crippen LogP contribution < -0.4 is 0 Å². The topological polar surface area (TPSA) is 46.5 Å². The number of aliphatic hydroxyl groups is 1. The monoisotopic (exact) mass is 130 g/mol. The Bertz CT molecular complexity index is 121. The van der Waals surface area contributed by atoms with Gasteiger partial charge in [0.15, 0.2) is 0 Å². The summed E-state index contributed by atoms with van der Waals surface area (Å²) < 4.78 is 4.66. The maximum absolute atomic E-state index is 10.6. The van der Waals surface area contributed by atoms with Gasteiger partial charge in [-0.2, -0.15) is 0 Å². The van der Waals surface area contributed by atoms with Crippen LogP contribution in [0.2, 0.25) is 0 Å². The number of aliphatic hydroxyl groups excluding tert-OH is 1. The van der Waals surface area contributed by atoms with Crippen molar-refractivity contribution in [3.63, 3.8) is 0 Å². The van der Waals surface area contributed by atoms with Crippen LogP contribution in [0, 0.1) is 5.92 Å². The van der Waals surface area contributed by atoms with Crippen molar-refractivity contribution in [1.29, 1.82) is 0 Å². The highest BCUT2D eigenvalue weighted by Crippen LogP contribution is 2.14. The van der Waals surface area contributed by atoms with E-state index in [2.05, 4.69) is 4.74 Å². The minimum absolute atomic E-state index is 0.284. The highest BCUT2D eigenvalue weighted by Gasteiger charge is 2.27. The SMILES string of the molecule is C[C@@H]1C(=O)OCC[C@H]1O. The van der Waals surface area contributed by atoms with Crippen molar-refractivity contribution < 1.29 is 14.6 Å². The molecule has 0 radical (unpaired) electrons. The molecule has 3 nitrogen and oxygen atoms in total. The first-order chi connectivity index (χ1) is 4.22. The maximum atomic E-state index is 10.6. The molecular formula is C6H10O3. The van der Waals surface area contributed by atoms with Gasteiger partial charge in [0.25, 0.3) is 0 Å². The van der Waals surface area contributed by atoms with E-state index in [4.69, 9.17) is 5.11 Å². The molecule has 9 heavy (non-hydrogen) atoms. The van der Waals surface area contributed by atoms with Gasteiger partial charge in [-0.1, -0.05) is 0 Å². The van der Waals surface area contributed by atoms with Crippen molar-refractivity contribution >= 4 is 5.97 Å². The number of carbonyl (C=O) groups excluding carboxylic acids is 1. The largest absolute Gasteiger partial charge is 0.465 e. The summed E-state index contributed by atoms with van der Waals surface area (Å²) in [6.45, 7) is 2.04. The Balaban J connectivity index is 2.51. The van der Waals surface area contributed by atoms with Crippen molar-refractivity contribution in [3.05, 3.63) is 0 Å². The first-order valence-electron chi connectivity index (χ1n) is 3.06. The van der Waals surface area contributed by atoms with E-state index in [-0.39, 0.29) is 11.9 Å². The van der Waals surface area contributed by atoms with E-state index in [0.717, 1.165) is 0 Å². The van der Waals surface area contributed by atoms with Crippen LogP contribution in [-0.4, -0.2) is 23.8 Å². The molecule has 0 spiro atoms. The third-order valence-electron chi connectivity index (χ3n) is 1.61. The van der Waals surface area contributed by atoms with E-state index >= 15 is 0 Å². The summed E-state index contributed by atoms with van der Waals surface area (Å²) in [5, 5.41) is 9.05. The average molecular weight is 130 g/mol. The molecule has 0 aliphatic carbocycles. The van der Waals surface area contributed by atoms with Crippen molar-refractivity contribution in [2.75, 3.05) is 6.61 Å². The summed E-state index contributed by atoms with van der Waals surface area (Å²) >= 11 is 0. The number of cyclic esters (lactones) is 1. The number of hydrogen-bond donors (Lipinski definition) is 1. The lowest BCUT2D eigenvalue weighted by atomic mass is 10.0. The molecule has 0 amide bonds. The molecule has 0 aromatic carbocycles. The predicted molar refractivity (Wildman–Crippen MR) is 30.7 cm³/mol. The van der Waals surface area contributed by atoms with Crippen LogP contribution in [0.1, 0.15) is 13.3 Å². The van der Waals surface area contributed by atoms with E-state index in [1.54, 1.807) is 6.92 Å². The molecular weight excluding hydrogens is 120 g/mol. The molecule has 1 saturated heterocycles. The van der Waals surface area contributed by atoms with Gasteiger partial charge in [0.05, 0.1) is 18.6 Å². The predicted octanol–water partition coefficient (Wildman–Crippen LogP) is -0.0697. The van der Waals surface area contributed by atoms with Gasteiger partial charge in [0.1, 0.15) is 0 Å². The molecule has 0 saturated carbocycles. The summed E-state index contributed by atoms with van der Waals surface area (Å²) in [4.78, 5) is 10.6. The Labute approximate surface area is 53.6 Å². The Morgan fingerprint density at radius 2 is 2.44 bits per heavy atom. The Morgan fingerprint density at radius 1 is 1.78 bits per heavy atom. The van der Waals surface area contributed by atoms with Gasteiger partial charge in [-0.3, -0.25) is 4.79 Å². The lowest BCUT2D eigenvalue weighted by molar-refractivity contribution is -0.159. The minimum atomic E-state index is -0.494. The van der Waals surface area contributed by atoms with E-state index in [9.17, 15) is 4.79 Å². The zero-order valence-electron chi connectivity index (χ0n) is 5.33. The summed E-state index contributed by atoms with van der Waals surface area (Å²) in [6, 6.07) is 0. The zero-order valence-corrected chi connectivity index (χ0v) is 5.33. The lowest BCUT2D eigenvalue weighted by Gasteiger charge is -2.22. The van der Waals surface area contributed by atoms with Crippen LogP contribution in [0.4, 0.5) is 0 Å². The maximum Gasteiger partial charge on any atom is 0.311 e. The third-order valence-corrected chi connectivity index (χ3v) is 1.61. The van der Waals surface area contributed by atoms with Crippen molar-refractivity contribution in [3.8, 4) is 0 Å². The quantitative estimate of drug-likeness (QED) is 0.467. The Kier molecular flexibility index (Phi) is 1.71. The summed E-state index contributed by atoms with van der Waals surface area (Å²) in [5.74, 6) is -0.618. The van der Waals surface area contributed by atoms with Gasteiger partial charge in [0.2, 0.25) is 0 Å². The average Bonchev–Trinajstić information content (AvgIpc) is 1.83. The molecule has 0 aromatic rings. The first kappa shape index (κ1) is 6.55. The molecule has 52 valence electrons. The van der Waals surface area contributed by atoms with Crippen molar-refractivity contribution in [2.24, 2.45) is 5.92 Å². The smallest absolute Gasteiger partial charge is 0.311 e. The van der Waals surface area contributed by atoms with Crippen LogP contribution >= 0.6 is 0 Å². The molecule has 2 atom stereocenters. The molecule has 1 rings (SSSR count). The fourth-order valence-electron chi connectivity index (χ4n) is 0.819. The number of rotatable bonds is 0. The number of carbonyl (C=O) groups is 1. The first-order valence-corrected chi connectivity index (χ1v) is 3.06. The lowest BCUT2D eigenvalue weighted by Crippen LogP contribution is -2.34. The van der Waals surface area contributed by atoms with Gasteiger partial charge in [-0.05, 0) is 6.92 Å². The number of hydrogen-bond acceptors (Lipinski definition) is 3. The normalized spacial score (nSPS) is 36.0. The van der Waals surface area contributed by atoms with E-state index in [0.29, 0.717) is 13.0 Å². The summed E-state index contributed by atoms with van der Waals surface area (Å²) in [5.41, 5.74) is 0. The molecule has 1 aliphatic heterocycles. The van der Waals surface area contributed by atoms with Crippen molar-refractivity contribution in [1.82, 2.24) is 0 Å². The molecule has 1 aliphatic rings.